The molecule has 0 aliphatic heterocycles. The van der Waals surface area contributed by atoms with E-state index in [-0.39, 0.29) is 11.5 Å². The highest BCUT2D eigenvalue weighted by Gasteiger charge is 2.18. The van der Waals surface area contributed by atoms with E-state index in [1.54, 1.807) is 19.3 Å². The first kappa shape index (κ1) is 14.9. The lowest BCUT2D eigenvalue weighted by atomic mass is 10.2. The molecule has 0 saturated heterocycles. The summed E-state index contributed by atoms with van der Waals surface area (Å²) < 4.78 is 19.2. The third kappa shape index (κ3) is 3.92. The van der Waals surface area contributed by atoms with Crippen molar-refractivity contribution in [1.82, 2.24) is 4.90 Å². The van der Waals surface area contributed by atoms with Crippen molar-refractivity contribution in [3.8, 4) is 0 Å². The zero-order chi connectivity index (χ0) is 13.5. The number of carbonyl (C=O) groups is 1. The Morgan fingerprint density at radius 2 is 2.33 bits per heavy atom. The van der Waals surface area contributed by atoms with Gasteiger partial charge in [-0.1, -0.05) is 22.0 Å². The van der Waals surface area contributed by atoms with Gasteiger partial charge in [0, 0.05) is 24.7 Å². The molecule has 0 saturated carbocycles. The van der Waals surface area contributed by atoms with Crippen LogP contribution in [0, 0.1) is 5.82 Å². The van der Waals surface area contributed by atoms with Crippen molar-refractivity contribution in [3.63, 3.8) is 0 Å². The minimum Gasteiger partial charge on any atom is -0.383 e. The predicted octanol–water partition coefficient (Wildman–Crippen LogP) is 2.86. The molecule has 5 heteroatoms. The fraction of sp³-hybridized carbons (Fsp3) is 0.308. The average Bonchev–Trinajstić information content (AvgIpc) is 2.36. The SMILES string of the molecule is C=CCN(CCOC)C(=O)c1cc(Br)ccc1F. The van der Waals surface area contributed by atoms with Crippen LogP contribution in [0.15, 0.2) is 35.3 Å². The van der Waals surface area contributed by atoms with E-state index >= 15 is 0 Å². The average molecular weight is 316 g/mol. The minimum atomic E-state index is -0.533. The number of rotatable bonds is 6. The molecule has 0 radical (unpaired) electrons. The van der Waals surface area contributed by atoms with Crippen molar-refractivity contribution in [2.45, 2.75) is 0 Å². The molecule has 98 valence electrons. The summed E-state index contributed by atoms with van der Waals surface area (Å²) in [5, 5.41) is 0. The molecule has 0 aliphatic rings. The summed E-state index contributed by atoms with van der Waals surface area (Å²) in [7, 11) is 1.55. The van der Waals surface area contributed by atoms with Gasteiger partial charge in [0.2, 0.25) is 0 Å². The Balaban J connectivity index is 2.93. The summed E-state index contributed by atoms with van der Waals surface area (Å²) in [5.41, 5.74) is 0.0438. The van der Waals surface area contributed by atoms with Crippen LogP contribution in [0.5, 0.6) is 0 Å². The van der Waals surface area contributed by atoms with Gasteiger partial charge < -0.3 is 9.64 Å². The van der Waals surface area contributed by atoms with E-state index in [0.717, 1.165) is 0 Å². The second-order valence-electron chi connectivity index (χ2n) is 3.66. The number of halogens is 2. The number of nitrogens with zero attached hydrogens (tertiary/aromatic N) is 1. The molecule has 0 fully saturated rings. The molecule has 0 bridgehead atoms. The quantitative estimate of drug-likeness (QED) is 0.755. The molecule has 1 aromatic rings. The van der Waals surface area contributed by atoms with Crippen LogP contribution >= 0.6 is 15.9 Å². The standard InChI is InChI=1S/C13H15BrFNO2/c1-3-6-16(7-8-18-2)13(17)11-9-10(14)4-5-12(11)15/h3-5,9H,1,6-8H2,2H3. The lowest BCUT2D eigenvalue weighted by molar-refractivity contribution is 0.0713. The van der Waals surface area contributed by atoms with Gasteiger partial charge in [0.25, 0.3) is 5.91 Å². The molecule has 1 amide bonds. The van der Waals surface area contributed by atoms with E-state index in [9.17, 15) is 9.18 Å². The molecule has 0 unspecified atom stereocenters. The Bertz CT molecular complexity index is 437. The lowest BCUT2D eigenvalue weighted by Gasteiger charge is -2.21. The molecule has 0 heterocycles. The van der Waals surface area contributed by atoms with Gasteiger partial charge in [0.15, 0.2) is 0 Å². The molecular formula is C13H15BrFNO2. The largest absolute Gasteiger partial charge is 0.383 e. The van der Waals surface area contributed by atoms with Crippen molar-refractivity contribution in [3.05, 3.63) is 46.7 Å². The maximum Gasteiger partial charge on any atom is 0.257 e. The van der Waals surface area contributed by atoms with E-state index in [1.165, 1.54) is 17.0 Å². The van der Waals surface area contributed by atoms with Crippen molar-refractivity contribution >= 4 is 21.8 Å². The number of benzene rings is 1. The third-order valence-corrected chi connectivity index (χ3v) is 2.85. The third-order valence-electron chi connectivity index (χ3n) is 2.36. The van der Waals surface area contributed by atoms with Crippen LogP contribution in [-0.2, 0) is 4.74 Å². The van der Waals surface area contributed by atoms with Crippen LogP contribution in [0.1, 0.15) is 10.4 Å². The van der Waals surface area contributed by atoms with Crippen molar-refractivity contribution in [2.24, 2.45) is 0 Å². The summed E-state index contributed by atoms with van der Waals surface area (Å²) in [5.74, 6) is -0.902. The molecule has 1 rings (SSSR count). The Kier molecular flexibility index (Phi) is 6.01. The van der Waals surface area contributed by atoms with Gasteiger partial charge in [0.1, 0.15) is 5.82 Å². The van der Waals surface area contributed by atoms with Crippen molar-refractivity contribution in [2.75, 3.05) is 26.8 Å². The first-order chi connectivity index (χ1) is 8.60. The Hall–Kier alpha value is -1.20. The van der Waals surface area contributed by atoms with Gasteiger partial charge in [0.05, 0.1) is 12.2 Å². The second kappa shape index (κ2) is 7.28. The van der Waals surface area contributed by atoms with E-state index in [2.05, 4.69) is 22.5 Å². The lowest BCUT2D eigenvalue weighted by Crippen LogP contribution is -2.34. The smallest absolute Gasteiger partial charge is 0.257 e. The van der Waals surface area contributed by atoms with Crippen molar-refractivity contribution < 1.29 is 13.9 Å². The zero-order valence-electron chi connectivity index (χ0n) is 10.2. The van der Waals surface area contributed by atoms with Crippen LogP contribution in [0.25, 0.3) is 0 Å². The van der Waals surface area contributed by atoms with E-state index in [1.807, 2.05) is 0 Å². The van der Waals surface area contributed by atoms with Gasteiger partial charge in [-0.15, -0.1) is 6.58 Å². The fourth-order valence-corrected chi connectivity index (χ4v) is 1.83. The number of carbonyl (C=O) groups excluding carboxylic acids is 1. The maximum atomic E-state index is 13.6. The first-order valence-electron chi connectivity index (χ1n) is 5.44. The predicted molar refractivity (Wildman–Crippen MR) is 72.1 cm³/mol. The maximum absolute atomic E-state index is 13.6. The summed E-state index contributed by atoms with van der Waals surface area (Å²) in [6.07, 6.45) is 1.60. The summed E-state index contributed by atoms with van der Waals surface area (Å²) in [6, 6.07) is 4.29. The second-order valence-corrected chi connectivity index (χ2v) is 4.57. The van der Waals surface area contributed by atoms with Crippen LogP contribution in [0.3, 0.4) is 0 Å². The van der Waals surface area contributed by atoms with Gasteiger partial charge in [-0.25, -0.2) is 4.39 Å². The normalized spacial score (nSPS) is 10.2. The summed E-state index contributed by atoms with van der Waals surface area (Å²) in [4.78, 5) is 13.7. The van der Waals surface area contributed by atoms with Crippen LogP contribution in [0.4, 0.5) is 4.39 Å². The van der Waals surface area contributed by atoms with Gasteiger partial charge in [-0.3, -0.25) is 4.79 Å². The number of methoxy groups -OCH3 is 1. The van der Waals surface area contributed by atoms with Crippen LogP contribution < -0.4 is 0 Å². The first-order valence-corrected chi connectivity index (χ1v) is 6.23. The fourth-order valence-electron chi connectivity index (χ4n) is 1.46. The zero-order valence-corrected chi connectivity index (χ0v) is 11.7. The highest BCUT2D eigenvalue weighted by Crippen LogP contribution is 2.17. The van der Waals surface area contributed by atoms with Crippen molar-refractivity contribution in [1.29, 1.82) is 0 Å². The number of amides is 1. The molecule has 18 heavy (non-hydrogen) atoms. The van der Waals surface area contributed by atoms with Gasteiger partial charge in [-0.05, 0) is 18.2 Å². The van der Waals surface area contributed by atoms with E-state index < -0.39 is 5.82 Å². The highest BCUT2D eigenvalue weighted by molar-refractivity contribution is 9.10. The molecular weight excluding hydrogens is 301 g/mol. The molecule has 0 aliphatic carbocycles. The summed E-state index contributed by atoms with van der Waals surface area (Å²) >= 11 is 3.22. The molecule has 0 N–H and O–H groups in total. The molecule has 0 spiro atoms. The molecule has 0 aromatic heterocycles. The molecule has 0 atom stereocenters. The molecule has 3 nitrogen and oxygen atoms in total. The minimum absolute atomic E-state index is 0.0438. The number of hydrogen-bond acceptors (Lipinski definition) is 2. The van der Waals surface area contributed by atoms with Gasteiger partial charge >= 0.3 is 0 Å². The summed E-state index contributed by atoms with van der Waals surface area (Å²) in [6.45, 7) is 4.74. The van der Waals surface area contributed by atoms with Crippen LogP contribution in [-0.4, -0.2) is 37.6 Å². The molecule has 1 aromatic carbocycles. The van der Waals surface area contributed by atoms with E-state index in [0.29, 0.717) is 24.2 Å². The van der Waals surface area contributed by atoms with Gasteiger partial charge in [-0.2, -0.15) is 0 Å². The van der Waals surface area contributed by atoms with E-state index in [4.69, 9.17) is 4.74 Å². The number of ether oxygens (including phenoxy) is 1. The monoisotopic (exact) mass is 315 g/mol. The Labute approximate surface area is 114 Å². The topological polar surface area (TPSA) is 29.5 Å². The van der Waals surface area contributed by atoms with Crippen LogP contribution in [0.2, 0.25) is 0 Å². The Morgan fingerprint density at radius 3 is 2.94 bits per heavy atom. The number of hydrogen-bond donors (Lipinski definition) is 0. The highest BCUT2D eigenvalue weighted by atomic mass is 79.9. The Morgan fingerprint density at radius 1 is 1.61 bits per heavy atom.